The number of hydrogen-bond acceptors (Lipinski definition) is 3. The number of nitrogens with one attached hydrogen (secondary N) is 1. The third-order valence-electron chi connectivity index (χ3n) is 4.16. The fourth-order valence-electron chi connectivity index (χ4n) is 2.67. The van der Waals surface area contributed by atoms with E-state index in [1.807, 2.05) is 0 Å². The molecule has 0 aliphatic heterocycles. The average molecular weight is 287 g/mol. The predicted octanol–water partition coefficient (Wildman–Crippen LogP) is 3.42. The van der Waals surface area contributed by atoms with Crippen molar-refractivity contribution in [3.05, 3.63) is 0 Å². The number of nitrogens with zero attached hydrogens (tertiary/aromatic N) is 1. The van der Waals surface area contributed by atoms with Crippen molar-refractivity contribution in [1.82, 2.24) is 10.2 Å². The van der Waals surface area contributed by atoms with E-state index >= 15 is 0 Å². The van der Waals surface area contributed by atoms with E-state index in [1.54, 1.807) is 0 Å². The van der Waals surface area contributed by atoms with Crippen LogP contribution in [0.3, 0.4) is 0 Å². The summed E-state index contributed by atoms with van der Waals surface area (Å²) < 4.78 is 0. The second kappa shape index (κ2) is 11.5. The molecule has 0 saturated carbocycles. The normalized spacial score (nSPS) is 15.0. The summed E-state index contributed by atoms with van der Waals surface area (Å²) in [6.45, 7) is 14.6. The topological polar surface area (TPSA) is 35.5 Å². The van der Waals surface area contributed by atoms with E-state index in [1.165, 1.54) is 45.2 Å². The van der Waals surface area contributed by atoms with Gasteiger partial charge in [-0.05, 0) is 59.7 Å². The van der Waals surface area contributed by atoms with Gasteiger partial charge in [-0.25, -0.2) is 0 Å². The van der Waals surface area contributed by atoms with E-state index in [9.17, 15) is 5.11 Å². The summed E-state index contributed by atoms with van der Waals surface area (Å²) in [7, 11) is 0. The van der Waals surface area contributed by atoms with Crippen molar-refractivity contribution in [3.8, 4) is 0 Å². The van der Waals surface area contributed by atoms with Gasteiger partial charge in [-0.3, -0.25) is 0 Å². The third kappa shape index (κ3) is 8.93. The lowest BCUT2D eigenvalue weighted by atomic mass is 9.95. The van der Waals surface area contributed by atoms with Gasteiger partial charge < -0.3 is 15.3 Å². The summed E-state index contributed by atoms with van der Waals surface area (Å²) >= 11 is 0. The molecule has 0 aromatic rings. The van der Waals surface area contributed by atoms with Crippen molar-refractivity contribution in [2.24, 2.45) is 0 Å². The summed E-state index contributed by atoms with van der Waals surface area (Å²) in [6.07, 6.45) is 7.42. The van der Waals surface area contributed by atoms with Crippen molar-refractivity contribution in [2.45, 2.75) is 84.7 Å². The van der Waals surface area contributed by atoms with Crippen molar-refractivity contribution < 1.29 is 5.11 Å². The van der Waals surface area contributed by atoms with Gasteiger partial charge in [-0.2, -0.15) is 0 Å². The van der Waals surface area contributed by atoms with Crippen molar-refractivity contribution in [3.63, 3.8) is 0 Å². The van der Waals surface area contributed by atoms with Crippen molar-refractivity contribution in [1.29, 1.82) is 0 Å². The molecule has 0 rings (SSSR count). The molecule has 0 aromatic heterocycles. The molecule has 0 amide bonds. The number of likely N-dealkylation sites (N-methyl/N-ethyl adjacent to an activating group) is 1. The maximum atomic E-state index is 9.48. The molecular formula is C17H38N2O. The van der Waals surface area contributed by atoms with Crippen LogP contribution in [0.25, 0.3) is 0 Å². The van der Waals surface area contributed by atoms with Crippen LogP contribution >= 0.6 is 0 Å². The van der Waals surface area contributed by atoms with Crippen LogP contribution in [-0.2, 0) is 0 Å². The first-order chi connectivity index (χ1) is 9.49. The van der Waals surface area contributed by atoms with Gasteiger partial charge in [0.25, 0.3) is 0 Å². The van der Waals surface area contributed by atoms with Gasteiger partial charge in [0, 0.05) is 11.6 Å². The predicted molar refractivity (Wildman–Crippen MR) is 89.3 cm³/mol. The lowest BCUT2D eigenvalue weighted by Crippen LogP contribution is -2.45. The quantitative estimate of drug-likeness (QED) is 0.509. The Kier molecular flexibility index (Phi) is 11.5. The molecule has 0 aromatic carbocycles. The first-order valence-corrected chi connectivity index (χ1v) is 8.59. The summed E-state index contributed by atoms with van der Waals surface area (Å²) in [4.78, 5) is 2.60. The lowest BCUT2D eigenvalue weighted by Gasteiger charge is -2.30. The van der Waals surface area contributed by atoms with Gasteiger partial charge in [0.15, 0.2) is 0 Å². The first kappa shape index (κ1) is 19.9. The van der Waals surface area contributed by atoms with Gasteiger partial charge in [-0.1, -0.05) is 33.1 Å². The Bertz CT molecular complexity index is 221. The van der Waals surface area contributed by atoms with Crippen LogP contribution in [0.1, 0.15) is 73.1 Å². The molecule has 0 spiro atoms. The van der Waals surface area contributed by atoms with Crippen LogP contribution in [0.15, 0.2) is 0 Å². The molecule has 0 aliphatic rings. The Balaban J connectivity index is 3.93. The second-order valence-corrected chi connectivity index (χ2v) is 6.54. The molecule has 0 radical (unpaired) electrons. The minimum atomic E-state index is -0.0976. The van der Waals surface area contributed by atoms with Gasteiger partial charge in [0.05, 0.1) is 6.61 Å². The van der Waals surface area contributed by atoms with E-state index in [0.717, 1.165) is 13.0 Å². The Morgan fingerprint density at radius 3 is 2.10 bits per heavy atom. The van der Waals surface area contributed by atoms with E-state index in [-0.39, 0.29) is 12.1 Å². The summed E-state index contributed by atoms with van der Waals surface area (Å²) in [5.74, 6) is 0. The van der Waals surface area contributed by atoms with E-state index < -0.39 is 0 Å². The van der Waals surface area contributed by atoms with Crippen LogP contribution in [0, 0.1) is 0 Å². The highest BCUT2D eigenvalue weighted by atomic mass is 16.3. The molecule has 3 nitrogen and oxygen atoms in total. The van der Waals surface area contributed by atoms with E-state index in [0.29, 0.717) is 6.04 Å². The Morgan fingerprint density at radius 2 is 1.65 bits per heavy atom. The van der Waals surface area contributed by atoms with Crippen LogP contribution in [0.5, 0.6) is 0 Å². The summed E-state index contributed by atoms with van der Waals surface area (Å²) in [5.41, 5.74) is -0.0976. The molecule has 122 valence electrons. The highest BCUT2D eigenvalue weighted by molar-refractivity contribution is 4.81. The van der Waals surface area contributed by atoms with E-state index in [4.69, 9.17) is 0 Å². The van der Waals surface area contributed by atoms with Crippen LogP contribution < -0.4 is 5.32 Å². The largest absolute Gasteiger partial charge is 0.394 e. The molecular weight excluding hydrogens is 248 g/mol. The molecule has 0 saturated heterocycles. The molecule has 3 heteroatoms. The van der Waals surface area contributed by atoms with E-state index in [2.05, 4.69) is 44.8 Å². The number of hydrogen-bond donors (Lipinski definition) is 2. The minimum Gasteiger partial charge on any atom is -0.394 e. The Labute approximate surface area is 127 Å². The summed E-state index contributed by atoms with van der Waals surface area (Å²) in [6, 6.07) is 0.643. The fraction of sp³-hybridized carbons (Fsp3) is 1.00. The Morgan fingerprint density at radius 1 is 1.05 bits per heavy atom. The summed E-state index contributed by atoms with van der Waals surface area (Å²) in [5, 5.41) is 12.9. The molecule has 0 bridgehead atoms. The highest BCUT2D eigenvalue weighted by Crippen LogP contribution is 2.14. The standard InChI is InChI=1S/C17H38N2O/c1-6-8-10-13-19(16(3)4)14-11-9-12-17(5,15-20)18-7-2/h16,18,20H,6-15H2,1-5H3. The van der Waals surface area contributed by atoms with Crippen LogP contribution in [-0.4, -0.2) is 47.8 Å². The van der Waals surface area contributed by atoms with Crippen molar-refractivity contribution in [2.75, 3.05) is 26.2 Å². The zero-order chi connectivity index (χ0) is 15.4. The van der Waals surface area contributed by atoms with Crippen molar-refractivity contribution >= 4 is 0 Å². The molecule has 1 unspecified atom stereocenters. The second-order valence-electron chi connectivity index (χ2n) is 6.54. The molecule has 2 N–H and O–H groups in total. The number of aliphatic hydroxyl groups excluding tert-OH is 1. The highest BCUT2D eigenvalue weighted by Gasteiger charge is 2.21. The third-order valence-corrected chi connectivity index (χ3v) is 4.16. The average Bonchev–Trinajstić information content (AvgIpc) is 2.41. The first-order valence-electron chi connectivity index (χ1n) is 8.59. The molecule has 0 aliphatic carbocycles. The number of aliphatic hydroxyl groups is 1. The molecule has 0 fully saturated rings. The smallest absolute Gasteiger partial charge is 0.0610 e. The van der Waals surface area contributed by atoms with Crippen LogP contribution in [0.4, 0.5) is 0 Å². The zero-order valence-electron chi connectivity index (χ0n) is 14.5. The zero-order valence-corrected chi connectivity index (χ0v) is 14.5. The van der Waals surface area contributed by atoms with Crippen LogP contribution in [0.2, 0.25) is 0 Å². The fourth-order valence-corrected chi connectivity index (χ4v) is 2.67. The molecule has 20 heavy (non-hydrogen) atoms. The maximum Gasteiger partial charge on any atom is 0.0610 e. The molecule has 0 heterocycles. The minimum absolute atomic E-state index is 0.0976. The van der Waals surface area contributed by atoms with Gasteiger partial charge in [0.2, 0.25) is 0 Å². The SMILES string of the molecule is CCCCCN(CCCCC(C)(CO)NCC)C(C)C. The molecule has 1 atom stereocenters. The van der Waals surface area contributed by atoms with Gasteiger partial charge >= 0.3 is 0 Å². The Hall–Kier alpha value is -0.120. The number of rotatable bonds is 13. The van der Waals surface area contributed by atoms with Gasteiger partial charge in [-0.15, -0.1) is 0 Å². The lowest BCUT2D eigenvalue weighted by molar-refractivity contribution is 0.159. The monoisotopic (exact) mass is 286 g/mol. The maximum absolute atomic E-state index is 9.48. The van der Waals surface area contributed by atoms with Gasteiger partial charge in [0.1, 0.15) is 0 Å². The number of unbranched alkanes of at least 4 members (excludes halogenated alkanes) is 3.